The Morgan fingerprint density at radius 1 is 1.43 bits per heavy atom. The molecule has 1 aliphatic heterocycles. The van der Waals surface area contributed by atoms with Crippen molar-refractivity contribution in [3.8, 4) is 0 Å². The van der Waals surface area contributed by atoms with Gasteiger partial charge in [0.1, 0.15) is 0 Å². The van der Waals surface area contributed by atoms with E-state index in [1.807, 2.05) is 11.8 Å². The molecule has 1 nitrogen and oxygen atoms in total. The highest BCUT2D eigenvalue weighted by Gasteiger charge is 2.32. The van der Waals surface area contributed by atoms with Crippen LogP contribution in [0.2, 0.25) is 0 Å². The van der Waals surface area contributed by atoms with E-state index in [9.17, 15) is 0 Å². The molecule has 1 aliphatic rings. The summed E-state index contributed by atoms with van der Waals surface area (Å²) in [5.74, 6) is 0.523. The predicted octanol–water partition coefficient (Wildman–Crippen LogP) is 2.92. The summed E-state index contributed by atoms with van der Waals surface area (Å²) >= 11 is 1.96. The standard InChI is InChI=1S/C12H17NS/c1-7-4-5-11-10(6-7)12(8(2)13)9(3)14-11/h4-6,8-9,12H,13H2,1-3H3. The first kappa shape index (κ1) is 10.1. The van der Waals surface area contributed by atoms with E-state index in [-0.39, 0.29) is 6.04 Å². The van der Waals surface area contributed by atoms with Crippen LogP contribution in [-0.4, -0.2) is 11.3 Å². The summed E-state index contributed by atoms with van der Waals surface area (Å²) in [4.78, 5) is 1.42. The lowest BCUT2D eigenvalue weighted by Crippen LogP contribution is -2.28. The summed E-state index contributed by atoms with van der Waals surface area (Å²) in [7, 11) is 0. The van der Waals surface area contributed by atoms with Gasteiger partial charge in [-0.15, -0.1) is 11.8 Å². The zero-order valence-electron chi connectivity index (χ0n) is 8.95. The quantitative estimate of drug-likeness (QED) is 0.766. The molecule has 0 radical (unpaired) electrons. The topological polar surface area (TPSA) is 26.0 Å². The second kappa shape index (κ2) is 3.59. The Kier molecular flexibility index (Phi) is 2.58. The third-order valence-electron chi connectivity index (χ3n) is 2.91. The van der Waals surface area contributed by atoms with Gasteiger partial charge in [0.25, 0.3) is 0 Å². The lowest BCUT2D eigenvalue weighted by atomic mass is 9.90. The highest BCUT2D eigenvalue weighted by molar-refractivity contribution is 8.00. The van der Waals surface area contributed by atoms with Gasteiger partial charge >= 0.3 is 0 Å². The largest absolute Gasteiger partial charge is 0.327 e. The van der Waals surface area contributed by atoms with Crippen molar-refractivity contribution >= 4 is 11.8 Å². The zero-order chi connectivity index (χ0) is 10.3. The molecule has 3 unspecified atom stereocenters. The first-order valence-electron chi connectivity index (χ1n) is 5.12. The Morgan fingerprint density at radius 2 is 2.14 bits per heavy atom. The van der Waals surface area contributed by atoms with E-state index in [2.05, 4.69) is 39.0 Å². The molecule has 0 spiro atoms. The van der Waals surface area contributed by atoms with Crippen LogP contribution in [0.4, 0.5) is 0 Å². The number of aryl methyl sites for hydroxylation is 1. The minimum atomic E-state index is 0.251. The molecule has 2 rings (SSSR count). The molecule has 0 saturated carbocycles. The van der Waals surface area contributed by atoms with E-state index in [0.29, 0.717) is 11.2 Å². The van der Waals surface area contributed by atoms with E-state index in [1.54, 1.807) is 0 Å². The Balaban J connectivity index is 2.44. The summed E-state index contributed by atoms with van der Waals surface area (Å²) in [5.41, 5.74) is 8.83. The summed E-state index contributed by atoms with van der Waals surface area (Å²) in [6, 6.07) is 6.96. The fourth-order valence-electron chi connectivity index (χ4n) is 2.27. The van der Waals surface area contributed by atoms with Crippen molar-refractivity contribution in [3.05, 3.63) is 29.3 Å². The van der Waals surface area contributed by atoms with E-state index in [4.69, 9.17) is 5.73 Å². The molecular formula is C12H17NS. The summed E-state index contributed by atoms with van der Waals surface area (Å²) in [6.07, 6.45) is 0. The van der Waals surface area contributed by atoms with Crippen LogP contribution < -0.4 is 5.73 Å². The third-order valence-corrected chi connectivity index (χ3v) is 4.20. The molecule has 0 fully saturated rings. The number of nitrogens with two attached hydrogens (primary N) is 1. The van der Waals surface area contributed by atoms with Gasteiger partial charge in [0.15, 0.2) is 0 Å². The van der Waals surface area contributed by atoms with Crippen molar-refractivity contribution in [3.63, 3.8) is 0 Å². The van der Waals surface area contributed by atoms with E-state index in [1.165, 1.54) is 16.0 Å². The molecule has 2 heteroatoms. The molecule has 1 aromatic carbocycles. The second-order valence-electron chi connectivity index (χ2n) is 4.25. The normalized spacial score (nSPS) is 27.4. The molecule has 2 N–H and O–H groups in total. The van der Waals surface area contributed by atoms with Gasteiger partial charge in [0.05, 0.1) is 0 Å². The minimum absolute atomic E-state index is 0.251. The van der Waals surface area contributed by atoms with Gasteiger partial charge in [-0.1, -0.05) is 24.6 Å². The van der Waals surface area contributed by atoms with Gasteiger partial charge in [0.2, 0.25) is 0 Å². The van der Waals surface area contributed by atoms with Gasteiger partial charge in [-0.2, -0.15) is 0 Å². The maximum Gasteiger partial charge on any atom is 0.0150 e. The average molecular weight is 207 g/mol. The molecule has 0 amide bonds. The number of hydrogen-bond acceptors (Lipinski definition) is 2. The van der Waals surface area contributed by atoms with Crippen molar-refractivity contribution in [1.82, 2.24) is 0 Å². The van der Waals surface area contributed by atoms with Crippen LogP contribution in [0.25, 0.3) is 0 Å². The summed E-state index contributed by atoms with van der Waals surface area (Å²) < 4.78 is 0. The van der Waals surface area contributed by atoms with Crippen LogP contribution in [0.15, 0.2) is 23.1 Å². The monoisotopic (exact) mass is 207 g/mol. The van der Waals surface area contributed by atoms with Gasteiger partial charge in [-0.05, 0) is 25.5 Å². The zero-order valence-corrected chi connectivity index (χ0v) is 9.77. The van der Waals surface area contributed by atoms with E-state index < -0.39 is 0 Å². The van der Waals surface area contributed by atoms with E-state index >= 15 is 0 Å². The molecule has 14 heavy (non-hydrogen) atoms. The second-order valence-corrected chi connectivity index (χ2v) is 5.67. The molecule has 1 aromatic rings. The first-order valence-corrected chi connectivity index (χ1v) is 6.00. The van der Waals surface area contributed by atoms with Crippen LogP contribution >= 0.6 is 11.8 Å². The van der Waals surface area contributed by atoms with Gasteiger partial charge < -0.3 is 5.73 Å². The third kappa shape index (κ3) is 1.57. The Labute approximate surface area is 90.1 Å². The number of fused-ring (bicyclic) bond motifs is 1. The Bertz CT molecular complexity index is 346. The van der Waals surface area contributed by atoms with Crippen molar-refractivity contribution in [2.24, 2.45) is 5.73 Å². The first-order chi connectivity index (χ1) is 6.59. The molecular weight excluding hydrogens is 190 g/mol. The smallest absolute Gasteiger partial charge is 0.0150 e. The highest BCUT2D eigenvalue weighted by atomic mass is 32.2. The molecule has 0 saturated heterocycles. The Morgan fingerprint density at radius 3 is 2.79 bits per heavy atom. The molecule has 0 aromatic heterocycles. The van der Waals surface area contributed by atoms with Crippen LogP contribution in [0.3, 0.4) is 0 Å². The van der Waals surface area contributed by atoms with Crippen molar-refractivity contribution in [2.75, 3.05) is 0 Å². The van der Waals surface area contributed by atoms with Gasteiger partial charge in [-0.3, -0.25) is 0 Å². The van der Waals surface area contributed by atoms with Crippen LogP contribution in [0.1, 0.15) is 30.9 Å². The number of rotatable bonds is 1. The van der Waals surface area contributed by atoms with E-state index in [0.717, 1.165) is 0 Å². The van der Waals surface area contributed by atoms with Crippen molar-refractivity contribution < 1.29 is 0 Å². The van der Waals surface area contributed by atoms with Crippen molar-refractivity contribution in [1.29, 1.82) is 0 Å². The summed E-state index contributed by atoms with van der Waals surface area (Å²) in [5, 5.41) is 0.617. The van der Waals surface area contributed by atoms with Crippen LogP contribution in [0, 0.1) is 6.92 Å². The van der Waals surface area contributed by atoms with Crippen LogP contribution in [0.5, 0.6) is 0 Å². The number of thioether (sulfide) groups is 1. The van der Waals surface area contributed by atoms with Gasteiger partial charge in [-0.25, -0.2) is 0 Å². The fourth-order valence-corrected chi connectivity index (χ4v) is 3.69. The molecule has 76 valence electrons. The summed E-state index contributed by atoms with van der Waals surface area (Å²) in [6.45, 7) is 6.53. The average Bonchev–Trinajstić information content (AvgIpc) is 2.40. The lowest BCUT2D eigenvalue weighted by Gasteiger charge is -2.19. The predicted molar refractivity (Wildman–Crippen MR) is 62.9 cm³/mol. The molecule has 0 bridgehead atoms. The minimum Gasteiger partial charge on any atom is -0.327 e. The molecule has 0 aliphatic carbocycles. The number of hydrogen-bond donors (Lipinski definition) is 1. The molecule has 1 heterocycles. The maximum atomic E-state index is 6.04. The van der Waals surface area contributed by atoms with Crippen molar-refractivity contribution in [2.45, 2.75) is 42.9 Å². The fraction of sp³-hybridized carbons (Fsp3) is 0.500. The van der Waals surface area contributed by atoms with Crippen LogP contribution in [-0.2, 0) is 0 Å². The maximum absolute atomic E-state index is 6.04. The SMILES string of the molecule is Cc1ccc2c(c1)C(C(C)N)C(C)S2. The lowest BCUT2D eigenvalue weighted by molar-refractivity contribution is 0.568. The van der Waals surface area contributed by atoms with Gasteiger partial charge in [0, 0.05) is 22.1 Å². The molecule has 3 atom stereocenters. The Hall–Kier alpha value is -0.470. The highest BCUT2D eigenvalue weighted by Crippen LogP contribution is 2.46. The number of benzene rings is 1.